The Kier molecular flexibility index (Phi) is 4.98. The molecule has 1 aromatic carbocycles. The van der Waals surface area contributed by atoms with Crippen LogP contribution < -0.4 is 16.0 Å². The third kappa shape index (κ3) is 2.93. The van der Waals surface area contributed by atoms with Gasteiger partial charge in [0.1, 0.15) is 5.75 Å². The molecule has 30 heavy (non-hydrogen) atoms. The highest BCUT2D eigenvalue weighted by Gasteiger charge is 2.21. The van der Waals surface area contributed by atoms with Crippen molar-refractivity contribution < 1.29 is 9.47 Å². The van der Waals surface area contributed by atoms with Crippen LogP contribution in [0.25, 0.3) is 22.6 Å². The Morgan fingerprint density at radius 1 is 1.17 bits per heavy atom. The summed E-state index contributed by atoms with van der Waals surface area (Å²) < 4.78 is 17.2. The maximum Gasteiger partial charge on any atom is 0.332 e. The number of aromatic nitrogens is 5. The third-order valence-electron chi connectivity index (χ3n) is 5.26. The Hall–Kier alpha value is -3.33. The minimum absolute atomic E-state index is 0.188. The van der Waals surface area contributed by atoms with E-state index in [0.29, 0.717) is 35.9 Å². The van der Waals surface area contributed by atoms with E-state index >= 15 is 0 Å². The molecule has 0 saturated heterocycles. The quantitative estimate of drug-likeness (QED) is 0.452. The van der Waals surface area contributed by atoms with E-state index in [4.69, 9.17) is 9.47 Å². The second-order valence-corrected chi connectivity index (χ2v) is 7.23. The van der Waals surface area contributed by atoms with Gasteiger partial charge in [-0.3, -0.25) is 22.9 Å². The van der Waals surface area contributed by atoms with Gasteiger partial charge < -0.3 is 9.47 Å². The molecule has 0 fully saturated rings. The molecule has 0 bridgehead atoms. The fraction of sp³-hybridized carbons (Fsp3) is 0.381. The molecule has 0 aliphatic rings. The highest BCUT2D eigenvalue weighted by Crippen LogP contribution is 2.28. The predicted octanol–water partition coefficient (Wildman–Crippen LogP) is 1.80. The highest BCUT2D eigenvalue weighted by atomic mass is 16.5. The first kappa shape index (κ1) is 20.0. The number of methoxy groups -OCH3 is 1. The normalized spacial score (nSPS) is 11.6. The number of imidazole rings is 2. The SMILES string of the molecule is CCOCCn1c(=O)c2c(nc3n(-c4cc(C)ccc4OC)c(C)cn23)n(C)c1=O. The minimum atomic E-state index is -0.413. The molecule has 0 amide bonds. The first-order valence-electron chi connectivity index (χ1n) is 9.81. The molecule has 0 spiro atoms. The van der Waals surface area contributed by atoms with E-state index in [1.807, 2.05) is 49.7 Å². The van der Waals surface area contributed by atoms with Gasteiger partial charge in [0.2, 0.25) is 5.78 Å². The van der Waals surface area contributed by atoms with Crippen molar-refractivity contribution >= 4 is 16.9 Å². The predicted molar refractivity (Wildman–Crippen MR) is 114 cm³/mol. The van der Waals surface area contributed by atoms with E-state index in [2.05, 4.69) is 4.98 Å². The molecule has 4 aromatic rings. The van der Waals surface area contributed by atoms with Gasteiger partial charge in [-0.1, -0.05) is 6.07 Å². The van der Waals surface area contributed by atoms with Crippen molar-refractivity contribution in [2.75, 3.05) is 20.3 Å². The Morgan fingerprint density at radius 3 is 2.63 bits per heavy atom. The zero-order chi connectivity index (χ0) is 21.6. The molecule has 3 heterocycles. The number of hydrogen-bond donors (Lipinski definition) is 0. The maximum atomic E-state index is 13.2. The van der Waals surface area contributed by atoms with Gasteiger partial charge in [0, 0.05) is 25.5 Å². The zero-order valence-electron chi connectivity index (χ0n) is 17.8. The van der Waals surface area contributed by atoms with Crippen LogP contribution in [0.15, 0.2) is 34.0 Å². The van der Waals surface area contributed by atoms with Gasteiger partial charge in [-0.25, -0.2) is 4.79 Å². The Balaban J connectivity index is 2.04. The van der Waals surface area contributed by atoms with Crippen molar-refractivity contribution in [3.05, 3.63) is 56.5 Å². The Labute approximate surface area is 172 Å². The van der Waals surface area contributed by atoms with Gasteiger partial charge in [-0.15, -0.1) is 0 Å². The molecular formula is C21H25N5O4. The smallest absolute Gasteiger partial charge is 0.332 e. The standard InChI is InChI=1S/C21H25N5O4/c1-6-30-10-9-24-19(27)17-18(23(4)21(24)28)22-20-25(17)12-14(3)26(20)15-11-13(2)7-8-16(15)29-5/h7-8,11-12H,6,9-10H2,1-5H3. The molecule has 0 N–H and O–H groups in total. The molecule has 4 rings (SSSR count). The molecule has 0 radical (unpaired) electrons. The molecule has 0 aliphatic carbocycles. The molecule has 0 saturated carbocycles. The van der Waals surface area contributed by atoms with Gasteiger partial charge >= 0.3 is 5.69 Å². The van der Waals surface area contributed by atoms with Crippen LogP contribution in [0.5, 0.6) is 5.75 Å². The topological polar surface area (TPSA) is 84.7 Å². The first-order chi connectivity index (χ1) is 14.4. The second-order valence-electron chi connectivity index (χ2n) is 7.23. The molecule has 0 atom stereocenters. The van der Waals surface area contributed by atoms with Crippen molar-refractivity contribution in [1.29, 1.82) is 0 Å². The molecule has 3 aromatic heterocycles. The largest absolute Gasteiger partial charge is 0.495 e. The maximum absolute atomic E-state index is 13.2. The van der Waals surface area contributed by atoms with Crippen LogP contribution >= 0.6 is 0 Å². The summed E-state index contributed by atoms with van der Waals surface area (Å²) in [6, 6.07) is 5.88. The minimum Gasteiger partial charge on any atom is -0.495 e. The number of nitrogens with zero attached hydrogens (tertiary/aromatic N) is 5. The van der Waals surface area contributed by atoms with Crippen LogP contribution in [0.3, 0.4) is 0 Å². The fourth-order valence-corrected chi connectivity index (χ4v) is 3.78. The summed E-state index contributed by atoms with van der Waals surface area (Å²) in [5.41, 5.74) is 2.68. The highest BCUT2D eigenvalue weighted by molar-refractivity contribution is 5.76. The lowest BCUT2D eigenvalue weighted by atomic mass is 10.2. The second kappa shape index (κ2) is 7.49. The third-order valence-corrected chi connectivity index (χ3v) is 5.26. The number of fused-ring (bicyclic) bond motifs is 3. The molecule has 0 aliphatic heterocycles. The number of ether oxygens (including phenoxy) is 2. The average molecular weight is 411 g/mol. The lowest BCUT2D eigenvalue weighted by Gasteiger charge is -2.12. The first-order valence-corrected chi connectivity index (χ1v) is 9.81. The van der Waals surface area contributed by atoms with Crippen LogP contribution in [0, 0.1) is 13.8 Å². The van der Waals surface area contributed by atoms with E-state index in [-0.39, 0.29) is 12.1 Å². The van der Waals surface area contributed by atoms with E-state index in [9.17, 15) is 9.59 Å². The summed E-state index contributed by atoms with van der Waals surface area (Å²) in [5.74, 6) is 1.23. The van der Waals surface area contributed by atoms with Gasteiger partial charge in [-0.2, -0.15) is 4.98 Å². The molecule has 158 valence electrons. The van der Waals surface area contributed by atoms with Gasteiger partial charge in [-0.05, 0) is 38.5 Å². The van der Waals surface area contributed by atoms with Crippen LogP contribution in [0.1, 0.15) is 18.2 Å². The van der Waals surface area contributed by atoms with Crippen LogP contribution in [0.2, 0.25) is 0 Å². The number of aryl methyl sites for hydroxylation is 3. The summed E-state index contributed by atoms with van der Waals surface area (Å²) in [7, 11) is 3.24. The van der Waals surface area contributed by atoms with Crippen molar-refractivity contribution in [3.63, 3.8) is 0 Å². The fourth-order valence-electron chi connectivity index (χ4n) is 3.78. The van der Waals surface area contributed by atoms with Crippen LogP contribution in [-0.2, 0) is 18.3 Å². The van der Waals surface area contributed by atoms with Crippen molar-refractivity contribution in [2.24, 2.45) is 7.05 Å². The van der Waals surface area contributed by atoms with Crippen molar-refractivity contribution in [3.8, 4) is 11.4 Å². The summed E-state index contributed by atoms with van der Waals surface area (Å²) in [5, 5.41) is 0. The van der Waals surface area contributed by atoms with Crippen molar-refractivity contribution in [2.45, 2.75) is 27.3 Å². The number of benzene rings is 1. The lowest BCUT2D eigenvalue weighted by Crippen LogP contribution is -2.40. The van der Waals surface area contributed by atoms with E-state index < -0.39 is 5.69 Å². The summed E-state index contributed by atoms with van der Waals surface area (Å²) >= 11 is 0. The molecule has 9 heteroatoms. The van der Waals surface area contributed by atoms with E-state index in [1.165, 1.54) is 9.13 Å². The van der Waals surface area contributed by atoms with Gasteiger partial charge in [0.25, 0.3) is 5.56 Å². The Morgan fingerprint density at radius 2 is 1.93 bits per heavy atom. The van der Waals surface area contributed by atoms with Crippen LogP contribution in [0.4, 0.5) is 0 Å². The van der Waals surface area contributed by atoms with E-state index in [0.717, 1.165) is 16.9 Å². The van der Waals surface area contributed by atoms with Gasteiger partial charge in [0.05, 0.1) is 25.9 Å². The van der Waals surface area contributed by atoms with Crippen molar-refractivity contribution in [1.82, 2.24) is 23.1 Å². The summed E-state index contributed by atoms with van der Waals surface area (Å²) in [6.45, 7) is 6.82. The molecule has 0 unspecified atom stereocenters. The zero-order valence-corrected chi connectivity index (χ0v) is 17.8. The van der Waals surface area contributed by atoms with E-state index in [1.54, 1.807) is 18.6 Å². The summed E-state index contributed by atoms with van der Waals surface area (Å²) in [6.07, 6.45) is 1.85. The number of hydrogen-bond acceptors (Lipinski definition) is 5. The number of rotatable bonds is 6. The lowest BCUT2D eigenvalue weighted by molar-refractivity contribution is 0.137. The molecule has 9 nitrogen and oxygen atoms in total. The van der Waals surface area contributed by atoms with Gasteiger partial charge in [0.15, 0.2) is 11.2 Å². The Bertz CT molecular complexity index is 1370. The molecular weight excluding hydrogens is 386 g/mol. The summed E-state index contributed by atoms with van der Waals surface area (Å²) in [4.78, 5) is 30.6. The average Bonchev–Trinajstić information content (AvgIpc) is 3.23. The van der Waals surface area contributed by atoms with Crippen LogP contribution in [-0.4, -0.2) is 43.4 Å². The monoisotopic (exact) mass is 411 g/mol.